The van der Waals surface area contributed by atoms with Crippen LogP contribution in [0.2, 0.25) is 10.0 Å². The predicted octanol–water partition coefficient (Wildman–Crippen LogP) is 3.95. The van der Waals surface area contributed by atoms with Crippen LogP contribution in [0.5, 0.6) is 0 Å². The third-order valence-corrected chi connectivity index (χ3v) is 3.72. The Morgan fingerprint density at radius 1 is 1.22 bits per heavy atom. The van der Waals surface area contributed by atoms with Crippen molar-refractivity contribution >= 4 is 34.6 Å². The third kappa shape index (κ3) is 3.67. The highest BCUT2D eigenvalue weighted by atomic mass is 35.5. The first-order valence-corrected chi connectivity index (χ1v) is 7.02. The Morgan fingerprint density at radius 2 is 1.83 bits per heavy atom. The number of benzene rings is 1. The molecule has 0 aliphatic heterocycles. The van der Waals surface area contributed by atoms with Crippen LogP contribution in [0, 0.1) is 0 Å². The van der Waals surface area contributed by atoms with Gasteiger partial charge in [-0.15, -0.1) is 0 Å². The minimum absolute atomic E-state index is 0.434. The van der Waals surface area contributed by atoms with Gasteiger partial charge in [0.2, 0.25) is 0 Å². The molecule has 1 aliphatic rings. The van der Waals surface area contributed by atoms with Crippen LogP contribution in [-0.2, 0) is 4.74 Å². The van der Waals surface area contributed by atoms with Crippen molar-refractivity contribution in [3.05, 3.63) is 22.2 Å². The monoisotopic (exact) mass is 288 g/mol. The van der Waals surface area contributed by atoms with E-state index in [2.05, 4.69) is 5.32 Å². The highest BCUT2D eigenvalue weighted by Crippen LogP contribution is 2.32. The number of nitrogens with two attached hydrogens (primary N) is 1. The van der Waals surface area contributed by atoms with Crippen LogP contribution in [0.1, 0.15) is 25.7 Å². The Morgan fingerprint density at radius 3 is 2.44 bits per heavy atom. The van der Waals surface area contributed by atoms with Crippen LogP contribution in [0.15, 0.2) is 12.1 Å². The van der Waals surface area contributed by atoms with Gasteiger partial charge < -0.3 is 15.8 Å². The quantitative estimate of drug-likeness (QED) is 0.637. The van der Waals surface area contributed by atoms with Gasteiger partial charge in [0.05, 0.1) is 28.4 Å². The van der Waals surface area contributed by atoms with Crippen molar-refractivity contribution in [2.45, 2.75) is 31.8 Å². The molecule has 3 nitrogen and oxygen atoms in total. The summed E-state index contributed by atoms with van der Waals surface area (Å²) in [6.07, 6.45) is 5.37. The second-order valence-corrected chi connectivity index (χ2v) is 5.38. The molecule has 1 aromatic rings. The standard InChI is InChI=1S/C13H18Cl2N2O/c14-11-7-9(16)8-12(15)13(11)17-5-6-18-10-3-1-2-4-10/h7-8,10,17H,1-6,16H2. The molecule has 0 spiro atoms. The molecule has 2 rings (SSSR count). The van der Waals surface area contributed by atoms with Crippen molar-refractivity contribution in [3.8, 4) is 0 Å². The topological polar surface area (TPSA) is 47.3 Å². The van der Waals surface area contributed by atoms with Crippen molar-refractivity contribution in [3.63, 3.8) is 0 Å². The molecule has 1 aliphatic carbocycles. The molecule has 1 fully saturated rings. The van der Waals surface area contributed by atoms with Gasteiger partial charge in [-0.25, -0.2) is 0 Å². The molecule has 0 bridgehead atoms. The molecular weight excluding hydrogens is 271 g/mol. The summed E-state index contributed by atoms with van der Waals surface area (Å²) in [6, 6.07) is 3.38. The SMILES string of the molecule is Nc1cc(Cl)c(NCCOC2CCCC2)c(Cl)c1. The molecule has 100 valence electrons. The lowest BCUT2D eigenvalue weighted by atomic mass is 10.3. The highest BCUT2D eigenvalue weighted by molar-refractivity contribution is 6.39. The fraction of sp³-hybridized carbons (Fsp3) is 0.538. The van der Waals surface area contributed by atoms with Gasteiger partial charge in [0.15, 0.2) is 0 Å². The largest absolute Gasteiger partial charge is 0.399 e. The normalized spacial score (nSPS) is 16.1. The molecule has 0 unspecified atom stereocenters. The second-order valence-electron chi connectivity index (χ2n) is 4.56. The summed E-state index contributed by atoms with van der Waals surface area (Å²) in [5.41, 5.74) is 6.94. The van der Waals surface area contributed by atoms with Crippen molar-refractivity contribution in [1.29, 1.82) is 0 Å². The summed E-state index contributed by atoms with van der Waals surface area (Å²) in [5.74, 6) is 0. The Hall–Kier alpha value is -0.640. The van der Waals surface area contributed by atoms with E-state index in [9.17, 15) is 0 Å². The van der Waals surface area contributed by atoms with Crippen LogP contribution >= 0.6 is 23.2 Å². The van der Waals surface area contributed by atoms with E-state index in [1.807, 2.05) is 0 Å². The number of rotatable bonds is 5. The van der Waals surface area contributed by atoms with Crippen LogP contribution in [0.3, 0.4) is 0 Å². The Labute approximate surface area is 118 Å². The van der Waals surface area contributed by atoms with E-state index in [0.29, 0.717) is 35.0 Å². The summed E-state index contributed by atoms with van der Waals surface area (Å²) in [7, 11) is 0. The van der Waals surface area contributed by atoms with E-state index in [0.717, 1.165) is 5.69 Å². The fourth-order valence-electron chi connectivity index (χ4n) is 2.22. The van der Waals surface area contributed by atoms with Crippen LogP contribution in [0.4, 0.5) is 11.4 Å². The zero-order valence-corrected chi connectivity index (χ0v) is 11.7. The number of hydrogen-bond donors (Lipinski definition) is 2. The maximum atomic E-state index is 6.07. The summed E-state index contributed by atoms with van der Waals surface area (Å²) >= 11 is 12.1. The molecule has 0 aromatic heterocycles. The van der Waals surface area contributed by atoms with Crippen molar-refractivity contribution in [1.82, 2.24) is 0 Å². The van der Waals surface area contributed by atoms with Gasteiger partial charge in [-0.2, -0.15) is 0 Å². The lowest BCUT2D eigenvalue weighted by Gasteiger charge is -2.14. The Balaban J connectivity index is 1.79. The Kier molecular flexibility index (Phi) is 4.98. The van der Waals surface area contributed by atoms with Gasteiger partial charge >= 0.3 is 0 Å². The molecule has 1 saturated carbocycles. The molecule has 0 amide bonds. The second kappa shape index (κ2) is 6.50. The highest BCUT2D eigenvalue weighted by Gasteiger charge is 2.14. The van der Waals surface area contributed by atoms with E-state index in [1.54, 1.807) is 12.1 Å². The zero-order valence-electron chi connectivity index (χ0n) is 10.2. The number of hydrogen-bond acceptors (Lipinski definition) is 3. The first kappa shape index (κ1) is 13.8. The summed E-state index contributed by atoms with van der Waals surface area (Å²) in [6.45, 7) is 1.36. The van der Waals surface area contributed by atoms with Gasteiger partial charge in [0.1, 0.15) is 0 Å². The predicted molar refractivity (Wildman–Crippen MR) is 77.6 cm³/mol. The first-order valence-electron chi connectivity index (χ1n) is 6.27. The lowest BCUT2D eigenvalue weighted by molar-refractivity contribution is 0.0659. The maximum absolute atomic E-state index is 6.07. The lowest BCUT2D eigenvalue weighted by Crippen LogP contribution is -2.15. The third-order valence-electron chi connectivity index (χ3n) is 3.12. The molecule has 0 radical (unpaired) electrons. The average Bonchev–Trinajstić information content (AvgIpc) is 2.79. The first-order chi connectivity index (χ1) is 8.66. The van der Waals surface area contributed by atoms with Gasteiger partial charge in [-0.3, -0.25) is 0 Å². The van der Waals surface area contributed by atoms with E-state index < -0.39 is 0 Å². The summed E-state index contributed by atoms with van der Waals surface area (Å²) in [5, 5.41) is 4.27. The molecular formula is C13H18Cl2N2O. The van der Waals surface area contributed by atoms with Gasteiger partial charge in [0.25, 0.3) is 0 Å². The number of ether oxygens (including phenoxy) is 1. The molecule has 3 N–H and O–H groups in total. The fourth-order valence-corrected chi connectivity index (χ4v) is 2.86. The van der Waals surface area contributed by atoms with E-state index >= 15 is 0 Å². The van der Waals surface area contributed by atoms with Crippen molar-refractivity contribution in [2.24, 2.45) is 0 Å². The molecule has 5 heteroatoms. The van der Waals surface area contributed by atoms with Crippen LogP contribution < -0.4 is 11.1 Å². The van der Waals surface area contributed by atoms with Gasteiger partial charge in [-0.1, -0.05) is 36.0 Å². The zero-order chi connectivity index (χ0) is 13.0. The minimum Gasteiger partial charge on any atom is -0.399 e. The van der Waals surface area contributed by atoms with E-state index in [1.165, 1.54) is 25.7 Å². The van der Waals surface area contributed by atoms with Crippen LogP contribution in [0.25, 0.3) is 0 Å². The number of anilines is 2. The molecule has 1 aromatic carbocycles. The van der Waals surface area contributed by atoms with E-state index in [-0.39, 0.29) is 0 Å². The van der Waals surface area contributed by atoms with Crippen LogP contribution in [-0.4, -0.2) is 19.3 Å². The summed E-state index contributed by atoms with van der Waals surface area (Å²) < 4.78 is 5.75. The molecule has 0 heterocycles. The van der Waals surface area contributed by atoms with Gasteiger partial charge in [-0.05, 0) is 25.0 Å². The van der Waals surface area contributed by atoms with Crippen molar-refractivity contribution in [2.75, 3.05) is 24.2 Å². The molecule has 0 saturated heterocycles. The average molecular weight is 289 g/mol. The molecule has 18 heavy (non-hydrogen) atoms. The van der Waals surface area contributed by atoms with Crippen molar-refractivity contribution < 1.29 is 4.74 Å². The Bertz CT molecular complexity index is 383. The molecule has 0 atom stereocenters. The maximum Gasteiger partial charge on any atom is 0.0721 e. The number of nitrogens with one attached hydrogen (secondary N) is 1. The minimum atomic E-state index is 0.434. The number of nitrogen functional groups attached to an aromatic ring is 1. The number of halogens is 2. The smallest absolute Gasteiger partial charge is 0.0721 e. The van der Waals surface area contributed by atoms with Gasteiger partial charge in [0, 0.05) is 12.2 Å². The summed E-state index contributed by atoms with van der Waals surface area (Å²) in [4.78, 5) is 0. The van der Waals surface area contributed by atoms with E-state index in [4.69, 9.17) is 33.7 Å².